The van der Waals surface area contributed by atoms with Crippen molar-refractivity contribution in [2.45, 2.75) is 52.1 Å². The van der Waals surface area contributed by atoms with Crippen LogP contribution in [0.15, 0.2) is 4.99 Å². The van der Waals surface area contributed by atoms with Crippen molar-refractivity contribution in [3.63, 3.8) is 0 Å². The normalized spacial score (nSPS) is 21.4. The molecule has 1 N–H and O–H groups in total. The van der Waals surface area contributed by atoms with Crippen LogP contribution in [0, 0.1) is 5.92 Å². The second kappa shape index (κ2) is 11.9. The van der Waals surface area contributed by atoms with Gasteiger partial charge in [-0.1, -0.05) is 26.7 Å². The molecular formula is C18H35IN4O2. The average Bonchev–Trinajstić information content (AvgIpc) is 3.12. The van der Waals surface area contributed by atoms with Crippen LogP contribution in [0.4, 0.5) is 0 Å². The summed E-state index contributed by atoms with van der Waals surface area (Å²) >= 11 is 0. The third kappa shape index (κ3) is 7.29. The van der Waals surface area contributed by atoms with E-state index >= 15 is 0 Å². The van der Waals surface area contributed by atoms with Crippen molar-refractivity contribution >= 4 is 35.8 Å². The van der Waals surface area contributed by atoms with Crippen molar-refractivity contribution in [3.05, 3.63) is 0 Å². The molecule has 0 aromatic heterocycles. The zero-order valence-electron chi connectivity index (χ0n) is 16.0. The van der Waals surface area contributed by atoms with Gasteiger partial charge in [-0.3, -0.25) is 9.79 Å². The molecule has 2 aliphatic rings. The van der Waals surface area contributed by atoms with E-state index in [1.165, 1.54) is 19.3 Å². The number of unbranched alkanes of at least 4 members (excludes halogenated alkanes) is 1. The summed E-state index contributed by atoms with van der Waals surface area (Å²) < 4.78 is 5.52. The minimum Gasteiger partial charge on any atom is -0.368 e. The Hall–Kier alpha value is -0.570. The van der Waals surface area contributed by atoms with Crippen molar-refractivity contribution in [1.29, 1.82) is 0 Å². The van der Waals surface area contributed by atoms with Gasteiger partial charge in [0.25, 0.3) is 5.91 Å². The maximum atomic E-state index is 12.4. The van der Waals surface area contributed by atoms with Gasteiger partial charge in [-0.2, -0.15) is 0 Å². The summed E-state index contributed by atoms with van der Waals surface area (Å²) in [5.41, 5.74) is 0. The van der Waals surface area contributed by atoms with Crippen LogP contribution < -0.4 is 5.32 Å². The smallest absolute Gasteiger partial charge is 0.251 e. The summed E-state index contributed by atoms with van der Waals surface area (Å²) in [5.74, 6) is 1.91. The molecule has 6 nitrogen and oxygen atoms in total. The van der Waals surface area contributed by atoms with Gasteiger partial charge in [0.15, 0.2) is 5.96 Å². The summed E-state index contributed by atoms with van der Waals surface area (Å²) in [6.45, 7) is 9.42. The lowest BCUT2D eigenvalue weighted by Crippen LogP contribution is -2.55. The van der Waals surface area contributed by atoms with Crippen LogP contribution in [0.25, 0.3) is 0 Å². The van der Waals surface area contributed by atoms with Crippen molar-refractivity contribution in [3.8, 4) is 0 Å². The molecule has 0 aromatic carbocycles. The van der Waals surface area contributed by atoms with E-state index < -0.39 is 0 Å². The van der Waals surface area contributed by atoms with Gasteiger partial charge in [0.2, 0.25) is 0 Å². The van der Waals surface area contributed by atoms with Gasteiger partial charge in [-0.25, -0.2) is 0 Å². The monoisotopic (exact) mass is 466 g/mol. The fourth-order valence-corrected chi connectivity index (χ4v) is 3.32. The summed E-state index contributed by atoms with van der Waals surface area (Å²) in [6, 6.07) is 0. The zero-order chi connectivity index (χ0) is 17.4. The quantitative estimate of drug-likeness (QED) is 0.283. The van der Waals surface area contributed by atoms with Crippen LogP contribution in [0.2, 0.25) is 0 Å². The molecule has 2 rings (SSSR count). The number of nitrogens with zero attached hydrogens (tertiary/aromatic N) is 3. The number of amides is 1. The van der Waals surface area contributed by atoms with Crippen LogP contribution in [0.5, 0.6) is 0 Å². The van der Waals surface area contributed by atoms with Crippen LogP contribution in [0.3, 0.4) is 0 Å². The van der Waals surface area contributed by atoms with E-state index in [-0.39, 0.29) is 36.0 Å². The topological polar surface area (TPSA) is 57.2 Å². The largest absolute Gasteiger partial charge is 0.368 e. The average molecular weight is 466 g/mol. The molecule has 2 aliphatic heterocycles. The number of hydrogen-bond acceptors (Lipinski definition) is 3. The zero-order valence-corrected chi connectivity index (χ0v) is 18.3. The number of guanidine groups is 1. The second-order valence-corrected chi connectivity index (χ2v) is 7.18. The first-order valence-corrected chi connectivity index (χ1v) is 9.47. The van der Waals surface area contributed by atoms with Gasteiger partial charge in [0.1, 0.15) is 6.10 Å². The molecule has 25 heavy (non-hydrogen) atoms. The standard InChI is InChI=1S/C18H34N4O2.HI/c1-15(2)7-4-5-9-20-18(19-3)22-12-10-21(11-13-22)17(23)16-8-6-14-24-16;/h15-16H,4-14H2,1-3H3,(H,19,20);1H. The van der Waals surface area contributed by atoms with E-state index in [0.29, 0.717) is 0 Å². The molecule has 0 spiro atoms. The molecule has 1 atom stereocenters. The predicted octanol–water partition coefficient (Wildman–Crippen LogP) is 2.33. The van der Waals surface area contributed by atoms with Crippen LogP contribution >= 0.6 is 24.0 Å². The number of piperazine rings is 1. The molecule has 7 heteroatoms. The highest BCUT2D eigenvalue weighted by Gasteiger charge is 2.30. The highest BCUT2D eigenvalue weighted by molar-refractivity contribution is 14.0. The molecule has 1 unspecified atom stereocenters. The highest BCUT2D eigenvalue weighted by Crippen LogP contribution is 2.16. The van der Waals surface area contributed by atoms with E-state index in [4.69, 9.17) is 4.74 Å². The number of nitrogens with one attached hydrogen (secondary N) is 1. The van der Waals surface area contributed by atoms with Gasteiger partial charge in [-0.05, 0) is 25.2 Å². The highest BCUT2D eigenvalue weighted by atomic mass is 127. The third-order valence-electron chi connectivity index (χ3n) is 4.80. The Bertz CT molecular complexity index is 417. The Labute approximate surface area is 169 Å². The van der Waals surface area contributed by atoms with Crippen LogP contribution in [-0.4, -0.2) is 74.1 Å². The van der Waals surface area contributed by atoms with Gasteiger partial charge < -0.3 is 19.9 Å². The Morgan fingerprint density at radius 1 is 1.20 bits per heavy atom. The maximum absolute atomic E-state index is 12.4. The fraction of sp³-hybridized carbons (Fsp3) is 0.889. The number of aliphatic imine (C=N–C) groups is 1. The first kappa shape index (κ1) is 22.5. The molecule has 0 bridgehead atoms. The molecule has 0 aromatic rings. The van der Waals surface area contributed by atoms with E-state index in [0.717, 1.165) is 64.0 Å². The lowest BCUT2D eigenvalue weighted by Gasteiger charge is -2.37. The van der Waals surface area contributed by atoms with E-state index in [2.05, 4.69) is 29.1 Å². The Kier molecular flexibility index (Phi) is 10.7. The molecule has 0 aliphatic carbocycles. The Morgan fingerprint density at radius 3 is 2.44 bits per heavy atom. The molecular weight excluding hydrogens is 431 g/mol. The number of ether oxygens (including phenoxy) is 1. The molecule has 0 saturated carbocycles. The van der Waals surface area contributed by atoms with Crippen LogP contribution in [-0.2, 0) is 9.53 Å². The lowest BCUT2D eigenvalue weighted by atomic mass is 10.1. The Balaban J connectivity index is 0.00000312. The van der Waals surface area contributed by atoms with E-state index in [1.807, 2.05) is 11.9 Å². The summed E-state index contributed by atoms with van der Waals surface area (Å²) in [7, 11) is 1.83. The minimum absolute atomic E-state index is 0. The first-order chi connectivity index (χ1) is 11.6. The Morgan fingerprint density at radius 2 is 1.88 bits per heavy atom. The maximum Gasteiger partial charge on any atom is 0.251 e. The van der Waals surface area contributed by atoms with Crippen molar-refractivity contribution < 1.29 is 9.53 Å². The van der Waals surface area contributed by atoms with E-state index in [1.54, 1.807) is 0 Å². The molecule has 0 radical (unpaired) electrons. The van der Waals surface area contributed by atoms with Gasteiger partial charge in [0, 0.05) is 46.4 Å². The van der Waals surface area contributed by atoms with Crippen molar-refractivity contribution in [2.24, 2.45) is 10.9 Å². The molecule has 1 amide bonds. The van der Waals surface area contributed by atoms with Crippen molar-refractivity contribution in [2.75, 3.05) is 46.4 Å². The summed E-state index contributed by atoms with van der Waals surface area (Å²) in [6.07, 6.45) is 5.39. The van der Waals surface area contributed by atoms with E-state index in [9.17, 15) is 4.79 Å². The molecule has 2 heterocycles. The number of carbonyl (C=O) groups excluding carboxylic acids is 1. The molecule has 2 fully saturated rings. The van der Waals surface area contributed by atoms with Gasteiger partial charge in [0.05, 0.1) is 0 Å². The second-order valence-electron chi connectivity index (χ2n) is 7.18. The lowest BCUT2D eigenvalue weighted by molar-refractivity contribution is -0.142. The van der Waals surface area contributed by atoms with Gasteiger partial charge in [-0.15, -0.1) is 24.0 Å². The first-order valence-electron chi connectivity index (χ1n) is 9.47. The molecule has 146 valence electrons. The minimum atomic E-state index is -0.199. The molecule has 2 saturated heterocycles. The summed E-state index contributed by atoms with van der Waals surface area (Å²) in [4.78, 5) is 21.0. The number of halogens is 1. The third-order valence-corrected chi connectivity index (χ3v) is 4.80. The van der Waals surface area contributed by atoms with Crippen LogP contribution in [0.1, 0.15) is 46.0 Å². The van der Waals surface area contributed by atoms with Gasteiger partial charge >= 0.3 is 0 Å². The number of hydrogen-bond donors (Lipinski definition) is 1. The predicted molar refractivity (Wildman–Crippen MR) is 113 cm³/mol. The number of rotatable bonds is 6. The summed E-state index contributed by atoms with van der Waals surface area (Å²) in [5, 5.41) is 3.46. The fourth-order valence-electron chi connectivity index (χ4n) is 3.32. The SMILES string of the molecule is CN=C(NCCCCC(C)C)N1CCN(C(=O)C2CCCO2)CC1.I. The number of carbonyl (C=O) groups is 1. The van der Waals surface area contributed by atoms with Crippen molar-refractivity contribution in [1.82, 2.24) is 15.1 Å².